The van der Waals surface area contributed by atoms with Crippen LogP contribution in [0.25, 0.3) is 0 Å². The van der Waals surface area contributed by atoms with E-state index in [2.05, 4.69) is 0 Å². The Kier molecular flexibility index (Phi) is 4.27. The monoisotopic (exact) mass is 297 g/mol. The zero-order chi connectivity index (χ0) is 14.9. The van der Waals surface area contributed by atoms with Crippen LogP contribution >= 0.6 is 0 Å². The molecule has 0 spiro atoms. The highest BCUT2D eigenvalue weighted by Crippen LogP contribution is 2.29. The maximum Gasteiger partial charge on any atom is 0.242 e. The van der Waals surface area contributed by atoms with Crippen molar-refractivity contribution in [3.8, 4) is 0 Å². The van der Waals surface area contributed by atoms with Gasteiger partial charge in [-0.15, -0.1) is 0 Å². The molecule has 0 amide bonds. The highest BCUT2D eigenvalue weighted by atomic mass is 32.2. The number of rotatable bonds is 5. The summed E-state index contributed by atoms with van der Waals surface area (Å²) in [5, 5.41) is 9.24. The van der Waals surface area contributed by atoms with E-state index in [1.54, 1.807) is 12.1 Å². The molecule has 1 aliphatic rings. The lowest BCUT2D eigenvalue weighted by molar-refractivity contribution is 0.0367. The number of carbonyl (C=O) groups excluding carboxylic acids is 1. The van der Waals surface area contributed by atoms with Crippen molar-refractivity contribution in [2.75, 3.05) is 13.6 Å². The topological polar surface area (TPSA) is 74.7 Å². The van der Waals surface area contributed by atoms with Crippen LogP contribution < -0.4 is 0 Å². The molecule has 110 valence electrons. The van der Waals surface area contributed by atoms with Crippen molar-refractivity contribution in [3.63, 3.8) is 0 Å². The molecule has 0 heterocycles. The summed E-state index contributed by atoms with van der Waals surface area (Å²) in [5.41, 5.74) is 0.388. The van der Waals surface area contributed by atoms with Crippen LogP contribution in [0.2, 0.25) is 0 Å². The van der Waals surface area contributed by atoms with Gasteiger partial charge in [-0.3, -0.25) is 4.79 Å². The van der Waals surface area contributed by atoms with Crippen molar-refractivity contribution in [1.29, 1.82) is 0 Å². The van der Waals surface area contributed by atoms with Gasteiger partial charge in [0.15, 0.2) is 5.78 Å². The first-order valence-corrected chi connectivity index (χ1v) is 8.00. The number of benzene rings is 1. The molecule has 6 heteroatoms. The quantitative estimate of drug-likeness (QED) is 0.831. The average Bonchev–Trinajstić information content (AvgIpc) is 2.36. The number of sulfonamides is 1. The minimum absolute atomic E-state index is 0.132. The molecular weight excluding hydrogens is 278 g/mol. The van der Waals surface area contributed by atoms with Crippen molar-refractivity contribution in [2.45, 2.75) is 30.8 Å². The normalized spacial score (nSPS) is 22.6. The van der Waals surface area contributed by atoms with Gasteiger partial charge in [-0.2, -0.15) is 0 Å². The Bertz CT molecular complexity index is 605. The Morgan fingerprint density at radius 3 is 2.60 bits per heavy atom. The second kappa shape index (κ2) is 5.63. The molecule has 1 aromatic rings. The number of carbonyl (C=O) groups is 1. The lowest BCUT2D eigenvalue weighted by Crippen LogP contribution is -2.39. The zero-order valence-electron chi connectivity index (χ0n) is 11.6. The Hall–Kier alpha value is -1.24. The predicted molar refractivity (Wildman–Crippen MR) is 75.0 cm³/mol. The summed E-state index contributed by atoms with van der Waals surface area (Å²) >= 11 is 0. The van der Waals surface area contributed by atoms with Gasteiger partial charge in [0.1, 0.15) is 0 Å². The summed E-state index contributed by atoms with van der Waals surface area (Å²) < 4.78 is 26.1. The first kappa shape index (κ1) is 15.2. The standard InChI is InChI=1S/C14H19NO4S/c1-10(16)12-4-3-5-14(8-12)20(18,19)15(2)9-11-6-13(17)7-11/h3-5,8,11,13,17H,6-7,9H2,1-2H3. The number of aliphatic hydroxyl groups is 1. The maximum absolute atomic E-state index is 12.4. The minimum atomic E-state index is -3.58. The molecule has 20 heavy (non-hydrogen) atoms. The van der Waals surface area contributed by atoms with Gasteiger partial charge in [0.2, 0.25) is 10.0 Å². The molecule has 1 saturated carbocycles. The van der Waals surface area contributed by atoms with Crippen LogP contribution in [-0.2, 0) is 10.0 Å². The Balaban J connectivity index is 2.16. The Labute approximate surface area is 119 Å². The van der Waals surface area contributed by atoms with Crippen molar-refractivity contribution in [3.05, 3.63) is 29.8 Å². The van der Waals surface area contributed by atoms with Crippen molar-refractivity contribution in [1.82, 2.24) is 4.31 Å². The van der Waals surface area contributed by atoms with E-state index in [0.29, 0.717) is 24.9 Å². The second-order valence-electron chi connectivity index (χ2n) is 5.36. The van der Waals surface area contributed by atoms with Gasteiger partial charge in [-0.1, -0.05) is 12.1 Å². The lowest BCUT2D eigenvalue weighted by atomic mass is 9.82. The van der Waals surface area contributed by atoms with E-state index in [1.807, 2.05) is 0 Å². The van der Waals surface area contributed by atoms with Gasteiger partial charge < -0.3 is 5.11 Å². The molecule has 0 radical (unpaired) electrons. The molecule has 0 aliphatic heterocycles. The fourth-order valence-corrected chi connectivity index (χ4v) is 3.66. The van der Waals surface area contributed by atoms with E-state index < -0.39 is 10.0 Å². The average molecular weight is 297 g/mol. The number of ketones is 1. The Morgan fingerprint density at radius 2 is 2.05 bits per heavy atom. The minimum Gasteiger partial charge on any atom is -0.393 e. The van der Waals surface area contributed by atoms with Gasteiger partial charge in [-0.05, 0) is 37.8 Å². The van der Waals surface area contributed by atoms with Gasteiger partial charge in [0, 0.05) is 19.2 Å². The fraction of sp³-hybridized carbons (Fsp3) is 0.500. The molecule has 0 unspecified atom stereocenters. The smallest absolute Gasteiger partial charge is 0.242 e. The molecule has 0 aromatic heterocycles. The second-order valence-corrected chi connectivity index (χ2v) is 7.41. The summed E-state index contributed by atoms with van der Waals surface area (Å²) in [4.78, 5) is 11.5. The van der Waals surface area contributed by atoms with Crippen LogP contribution in [-0.4, -0.2) is 43.3 Å². The first-order chi connectivity index (χ1) is 9.30. The van der Waals surface area contributed by atoms with Gasteiger partial charge in [0.05, 0.1) is 11.0 Å². The van der Waals surface area contributed by atoms with Crippen molar-refractivity contribution < 1.29 is 18.3 Å². The van der Waals surface area contributed by atoms with E-state index >= 15 is 0 Å². The third-order valence-corrected chi connectivity index (χ3v) is 5.49. The van der Waals surface area contributed by atoms with Crippen LogP contribution in [0.4, 0.5) is 0 Å². The molecule has 2 rings (SSSR count). The molecule has 5 nitrogen and oxygen atoms in total. The summed E-state index contributed by atoms with van der Waals surface area (Å²) in [7, 11) is -2.06. The fourth-order valence-electron chi connectivity index (χ4n) is 2.37. The molecule has 0 atom stereocenters. The lowest BCUT2D eigenvalue weighted by Gasteiger charge is -2.34. The number of Topliss-reactive ketones (excluding diaryl/α,β-unsaturated/α-hetero) is 1. The van der Waals surface area contributed by atoms with Crippen LogP contribution in [0.1, 0.15) is 30.1 Å². The number of hydrogen-bond donors (Lipinski definition) is 1. The zero-order valence-corrected chi connectivity index (χ0v) is 12.4. The van der Waals surface area contributed by atoms with Crippen molar-refractivity contribution in [2.24, 2.45) is 5.92 Å². The largest absolute Gasteiger partial charge is 0.393 e. The van der Waals surface area contributed by atoms with Gasteiger partial charge in [-0.25, -0.2) is 12.7 Å². The first-order valence-electron chi connectivity index (χ1n) is 6.56. The van der Waals surface area contributed by atoms with E-state index in [9.17, 15) is 18.3 Å². The molecule has 0 bridgehead atoms. The highest BCUT2D eigenvalue weighted by Gasteiger charge is 2.31. The molecule has 1 aliphatic carbocycles. The van der Waals surface area contributed by atoms with Crippen LogP contribution in [0.5, 0.6) is 0 Å². The van der Waals surface area contributed by atoms with E-state index in [1.165, 1.54) is 30.4 Å². The predicted octanol–water partition coefficient (Wildman–Crippen LogP) is 1.28. The van der Waals surface area contributed by atoms with Crippen LogP contribution in [0.15, 0.2) is 29.2 Å². The number of nitrogens with zero attached hydrogens (tertiary/aromatic N) is 1. The number of aliphatic hydroxyl groups excluding tert-OH is 1. The third kappa shape index (κ3) is 3.08. The van der Waals surface area contributed by atoms with Gasteiger partial charge in [0.25, 0.3) is 0 Å². The van der Waals surface area contributed by atoms with Crippen molar-refractivity contribution >= 4 is 15.8 Å². The van der Waals surface area contributed by atoms with Crippen LogP contribution in [0.3, 0.4) is 0 Å². The SMILES string of the molecule is CC(=O)c1cccc(S(=O)(=O)N(C)CC2CC(O)C2)c1. The summed E-state index contributed by atoms with van der Waals surface area (Å²) in [5.74, 6) is 0.0487. The highest BCUT2D eigenvalue weighted by molar-refractivity contribution is 7.89. The molecule has 1 N–H and O–H groups in total. The van der Waals surface area contributed by atoms with E-state index in [-0.39, 0.29) is 22.7 Å². The number of hydrogen-bond acceptors (Lipinski definition) is 4. The summed E-state index contributed by atoms with van der Waals surface area (Å²) in [6, 6.07) is 6.08. The molecule has 1 fully saturated rings. The maximum atomic E-state index is 12.4. The molecule has 0 saturated heterocycles. The Morgan fingerprint density at radius 1 is 1.40 bits per heavy atom. The molecular formula is C14H19NO4S. The van der Waals surface area contributed by atoms with Gasteiger partial charge >= 0.3 is 0 Å². The summed E-state index contributed by atoms with van der Waals surface area (Å²) in [6.45, 7) is 1.80. The van der Waals surface area contributed by atoms with E-state index in [4.69, 9.17) is 0 Å². The summed E-state index contributed by atoms with van der Waals surface area (Å²) in [6.07, 6.45) is 0.998. The van der Waals surface area contributed by atoms with E-state index in [0.717, 1.165) is 0 Å². The van der Waals surface area contributed by atoms with Crippen LogP contribution in [0, 0.1) is 5.92 Å². The molecule has 1 aromatic carbocycles. The third-order valence-electron chi connectivity index (χ3n) is 3.67.